The second kappa shape index (κ2) is 9.99. The van der Waals surface area contributed by atoms with E-state index in [1.165, 1.54) is 4.31 Å². The van der Waals surface area contributed by atoms with Crippen LogP contribution in [0.15, 0.2) is 83.9 Å². The van der Waals surface area contributed by atoms with Crippen LogP contribution in [0.5, 0.6) is 0 Å². The summed E-state index contributed by atoms with van der Waals surface area (Å²) < 4.78 is 27.9. The van der Waals surface area contributed by atoms with Gasteiger partial charge in [-0.05, 0) is 70.4 Å². The van der Waals surface area contributed by atoms with Gasteiger partial charge >= 0.3 is 0 Å². The van der Waals surface area contributed by atoms with Crippen molar-refractivity contribution in [2.45, 2.75) is 11.5 Å². The first-order valence-corrected chi connectivity index (χ1v) is 13.3. The lowest BCUT2D eigenvalue weighted by Gasteiger charge is -2.34. The van der Waals surface area contributed by atoms with E-state index in [1.807, 2.05) is 24.3 Å². The number of carbonyl (C=O) groups excluding carboxylic acids is 1. The minimum Gasteiger partial charge on any atom is -0.390 e. The number of pyridine rings is 1. The van der Waals surface area contributed by atoms with E-state index in [9.17, 15) is 18.3 Å². The third-order valence-corrected chi connectivity index (χ3v) is 8.51. The fraction of sp³-hybridized carbons (Fsp3) is 0.185. The molecule has 7 nitrogen and oxygen atoms in total. The van der Waals surface area contributed by atoms with E-state index in [-0.39, 0.29) is 30.5 Å². The van der Waals surface area contributed by atoms with Crippen molar-refractivity contribution < 1.29 is 18.3 Å². The molecule has 1 aliphatic rings. The van der Waals surface area contributed by atoms with Gasteiger partial charge in [0.15, 0.2) is 0 Å². The molecule has 1 fully saturated rings. The van der Waals surface area contributed by atoms with Crippen LogP contribution in [0.3, 0.4) is 0 Å². The number of piperazine rings is 1. The molecule has 1 saturated heterocycles. The van der Waals surface area contributed by atoms with E-state index in [2.05, 4.69) is 4.98 Å². The molecule has 1 amide bonds. The van der Waals surface area contributed by atoms with Crippen LogP contribution in [-0.2, 0) is 16.6 Å². The molecule has 0 unspecified atom stereocenters. The van der Waals surface area contributed by atoms with Gasteiger partial charge in [0, 0.05) is 43.0 Å². The quantitative estimate of drug-likeness (QED) is 0.425. The number of aliphatic hydroxyl groups excluding tert-OH is 1. The van der Waals surface area contributed by atoms with Gasteiger partial charge in [0.1, 0.15) is 0 Å². The first kappa shape index (κ1) is 24.4. The van der Waals surface area contributed by atoms with Gasteiger partial charge < -0.3 is 10.0 Å². The fourth-order valence-electron chi connectivity index (χ4n) is 4.37. The van der Waals surface area contributed by atoms with Gasteiger partial charge in [-0.15, -0.1) is 0 Å². The van der Waals surface area contributed by atoms with Crippen molar-refractivity contribution in [3.05, 3.63) is 95.3 Å². The molecule has 1 N–H and O–H groups in total. The van der Waals surface area contributed by atoms with Gasteiger partial charge in [0.25, 0.3) is 5.91 Å². The number of hydrogen-bond donors (Lipinski definition) is 1. The highest BCUT2D eigenvalue weighted by atomic mass is 35.5. The third-order valence-electron chi connectivity index (χ3n) is 6.38. The second-order valence-corrected chi connectivity index (χ2v) is 11.0. The lowest BCUT2D eigenvalue weighted by atomic mass is 10.0. The van der Waals surface area contributed by atoms with Gasteiger partial charge in [-0.1, -0.05) is 35.9 Å². The van der Waals surface area contributed by atoms with Crippen molar-refractivity contribution in [3.8, 4) is 11.1 Å². The van der Waals surface area contributed by atoms with Gasteiger partial charge in [-0.25, -0.2) is 8.42 Å². The summed E-state index contributed by atoms with van der Waals surface area (Å²) in [5, 5.41) is 11.5. The maximum Gasteiger partial charge on any atom is 0.253 e. The van der Waals surface area contributed by atoms with E-state index >= 15 is 0 Å². The molecule has 3 aromatic carbocycles. The Morgan fingerprint density at radius 2 is 1.58 bits per heavy atom. The number of amides is 1. The molecule has 0 saturated carbocycles. The molecule has 0 atom stereocenters. The minimum atomic E-state index is -3.69. The highest BCUT2D eigenvalue weighted by Gasteiger charge is 2.30. The van der Waals surface area contributed by atoms with Crippen LogP contribution in [0.4, 0.5) is 0 Å². The van der Waals surface area contributed by atoms with Crippen LogP contribution in [0, 0.1) is 0 Å². The molecule has 0 bridgehead atoms. The smallest absolute Gasteiger partial charge is 0.253 e. The number of aliphatic hydroxyl groups is 1. The monoisotopic (exact) mass is 521 g/mol. The number of nitrogens with zero attached hydrogens (tertiary/aromatic N) is 3. The Balaban J connectivity index is 1.26. The maximum atomic E-state index is 13.2. The number of sulfonamides is 1. The second-order valence-electron chi connectivity index (χ2n) is 8.62. The third kappa shape index (κ3) is 4.85. The zero-order valence-electron chi connectivity index (χ0n) is 19.3. The summed E-state index contributed by atoms with van der Waals surface area (Å²) in [4.78, 5) is 19.0. The number of fused-ring (bicyclic) bond motifs is 1. The summed E-state index contributed by atoms with van der Waals surface area (Å²) in [5.74, 6) is -0.135. The first-order valence-electron chi connectivity index (χ1n) is 11.5. The van der Waals surface area contributed by atoms with Gasteiger partial charge in [-0.2, -0.15) is 4.31 Å². The van der Waals surface area contributed by atoms with E-state index in [1.54, 1.807) is 59.6 Å². The maximum absolute atomic E-state index is 13.2. The minimum absolute atomic E-state index is 0.135. The molecule has 0 aliphatic carbocycles. The van der Waals surface area contributed by atoms with Gasteiger partial charge in [0.2, 0.25) is 10.0 Å². The Bertz CT molecular complexity index is 1530. The summed E-state index contributed by atoms with van der Waals surface area (Å²) in [6.07, 6.45) is 1.64. The molecule has 1 aliphatic heterocycles. The predicted octanol–water partition coefficient (Wildman–Crippen LogP) is 4.19. The molecule has 9 heteroatoms. The largest absolute Gasteiger partial charge is 0.390 e. The lowest BCUT2D eigenvalue weighted by Crippen LogP contribution is -2.50. The molecular weight excluding hydrogens is 498 g/mol. The Labute approximate surface area is 214 Å². The van der Waals surface area contributed by atoms with E-state index in [0.29, 0.717) is 29.4 Å². The SMILES string of the molecule is O=C(c1ccc(-c2ccnc(CO)c2)cc1)N1CCN(S(=O)(=O)c2ccc3ccc(Cl)cc3c2)CC1. The van der Waals surface area contributed by atoms with Gasteiger partial charge in [0.05, 0.1) is 17.2 Å². The van der Waals surface area contributed by atoms with Crippen LogP contribution in [0.1, 0.15) is 16.1 Å². The summed E-state index contributed by atoms with van der Waals surface area (Å²) in [6.45, 7) is 0.926. The number of benzene rings is 3. The number of halogens is 1. The fourth-order valence-corrected chi connectivity index (χ4v) is 6.01. The van der Waals surface area contributed by atoms with E-state index < -0.39 is 10.0 Å². The van der Waals surface area contributed by atoms with Crippen LogP contribution in [0.2, 0.25) is 5.02 Å². The topological polar surface area (TPSA) is 90.8 Å². The molecule has 2 heterocycles. The molecule has 0 radical (unpaired) electrons. The molecule has 1 aromatic heterocycles. The standard InChI is InChI=1S/C27H24ClN3O4S/c28-24-7-5-20-6-8-26(17-23(20)15-24)36(34,35)31-13-11-30(12-14-31)27(33)21-3-1-19(2-4-21)22-9-10-29-25(16-22)18-32/h1-10,15-17,32H,11-14,18H2. The van der Waals surface area contributed by atoms with Crippen LogP contribution in [0.25, 0.3) is 21.9 Å². The Hall–Kier alpha value is -3.30. The zero-order chi connectivity index (χ0) is 25.3. The molecule has 184 valence electrons. The summed E-state index contributed by atoms with van der Waals surface area (Å²) in [5.41, 5.74) is 2.94. The van der Waals surface area contributed by atoms with Crippen molar-refractivity contribution in [3.63, 3.8) is 0 Å². The molecule has 4 aromatic rings. The van der Waals surface area contributed by atoms with Crippen molar-refractivity contribution in [1.29, 1.82) is 0 Å². The lowest BCUT2D eigenvalue weighted by molar-refractivity contribution is 0.0698. The molecular formula is C27H24ClN3O4S. The van der Waals surface area contributed by atoms with Crippen molar-refractivity contribution in [2.75, 3.05) is 26.2 Å². The van der Waals surface area contributed by atoms with Crippen LogP contribution in [-0.4, -0.2) is 59.8 Å². The first-order chi connectivity index (χ1) is 17.3. The van der Waals surface area contributed by atoms with E-state index in [0.717, 1.165) is 21.9 Å². The van der Waals surface area contributed by atoms with Crippen LogP contribution >= 0.6 is 11.6 Å². The zero-order valence-corrected chi connectivity index (χ0v) is 20.9. The van der Waals surface area contributed by atoms with Crippen molar-refractivity contribution in [1.82, 2.24) is 14.2 Å². The van der Waals surface area contributed by atoms with E-state index in [4.69, 9.17) is 11.6 Å². The number of aromatic nitrogens is 1. The van der Waals surface area contributed by atoms with Crippen molar-refractivity contribution in [2.24, 2.45) is 0 Å². The Kier molecular flexibility index (Phi) is 6.77. The highest BCUT2D eigenvalue weighted by molar-refractivity contribution is 7.89. The summed E-state index contributed by atoms with van der Waals surface area (Å²) in [6, 6.07) is 21.3. The number of hydrogen-bond acceptors (Lipinski definition) is 5. The molecule has 5 rings (SSSR count). The Morgan fingerprint density at radius 3 is 2.31 bits per heavy atom. The molecule has 36 heavy (non-hydrogen) atoms. The summed E-state index contributed by atoms with van der Waals surface area (Å²) >= 11 is 6.07. The average molecular weight is 522 g/mol. The highest BCUT2D eigenvalue weighted by Crippen LogP contribution is 2.26. The predicted molar refractivity (Wildman–Crippen MR) is 139 cm³/mol. The molecule has 0 spiro atoms. The van der Waals surface area contributed by atoms with Crippen LogP contribution < -0.4 is 0 Å². The normalized spacial score (nSPS) is 14.8. The average Bonchev–Trinajstić information content (AvgIpc) is 2.92. The van der Waals surface area contributed by atoms with Gasteiger partial charge in [-0.3, -0.25) is 9.78 Å². The number of carbonyl (C=O) groups is 1. The Morgan fingerprint density at radius 1 is 0.861 bits per heavy atom. The van der Waals surface area contributed by atoms with Crippen molar-refractivity contribution >= 4 is 38.3 Å². The number of rotatable bonds is 5. The summed E-state index contributed by atoms with van der Waals surface area (Å²) in [7, 11) is -3.69.